The van der Waals surface area contributed by atoms with Crippen LogP contribution in [0, 0.1) is 0 Å². The molecule has 0 saturated heterocycles. The number of carboxylic acid groups (broad SMARTS) is 1. The zero-order valence-corrected chi connectivity index (χ0v) is 13.7. The minimum absolute atomic E-state index is 0.0268. The molecule has 1 rings (SSSR count). The van der Waals surface area contributed by atoms with Crippen LogP contribution in [-0.4, -0.2) is 37.1 Å². The van der Waals surface area contributed by atoms with Crippen LogP contribution in [0.2, 0.25) is 0 Å². The van der Waals surface area contributed by atoms with E-state index in [4.69, 9.17) is 5.11 Å². The maximum absolute atomic E-state index is 11.7. The van der Waals surface area contributed by atoms with E-state index >= 15 is 0 Å². The number of carbonyl (C=O) groups is 2. The molecule has 0 atom stereocenters. The van der Waals surface area contributed by atoms with E-state index in [1.807, 2.05) is 31.0 Å². The lowest BCUT2D eigenvalue weighted by atomic mass is 10.2. The summed E-state index contributed by atoms with van der Waals surface area (Å²) >= 11 is 3.44. The summed E-state index contributed by atoms with van der Waals surface area (Å²) in [6.45, 7) is 2.94. The zero-order valence-electron chi connectivity index (χ0n) is 12.1. The van der Waals surface area contributed by atoms with Crippen LogP contribution in [0.15, 0.2) is 28.7 Å². The Hall–Kier alpha value is -1.82. The first-order chi connectivity index (χ1) is 9.93. The van der Waals surface area contributed by atoms with Crippen LogP contribution in [-0.2, 0) is 9.59 Å². The number of rotatable bonds is 7. The number of benzene rings is 1. The fourth-order valence-electron chi connectivity index (χ4n) is 1.72. The second-order valence-electron chi connectivity index (χ2n) is 4.59. The molecule has 5 nitrogen and oxygen atoms in total. The van der Waals surface area contributed by atoms with Gasteiger partial charge in [-0.2, -0.15) is 0 Å². The summed E-state index contributed by atoms with van der Waals surface area (Å²) in [6.07, 6.45) is 3.51. The number of halogens is 1. The highest BCUT2D eigenvalue weighted by Crippen LogP contribution is 2.26. The van der Waals surface area contributed by atoms with Crippen molar-refractivity contribution in [3.05, 3.63) is 34.3 Å². The van der Waals surface area contributed by atoms with Crippen LogP contribution in [0.1, 0.15) is 18.9 Å². The number of carbonyl (C=O) groups excluding carboxylic acids is 1. The third kappa shape index (κ3) is 5.99. The number of likely N-dealkylation sites (N-methyl/N-ethyl adjacent to an activating group) is 1. The first kappa shape index (κ1) is 17.2. The average Bonchev–Trinajstić information content (AvgIpc) is 2.42. The van der Waals surface area contributed by atoms with Gasteiger partial charge in [-0.3, -0.25) is 4.79 Å². The van der Waals surface area contributed by atoms with Crippen molar-refractivity contribution >= 4 is 39.6 Å². The quantitative estimate of drug-likeness (QED) is 0.738. The molecular weight excluding hydrogens is 336 g/mol. The van der Waals surface area contributed by atoms with E-state index in [1.165, 1.54) is 6.08 Å². The number of aliphatic carboxylic acids is 1. The van der Waals surface area contributed by atoms with Crippen molar-refractivity contribution in [3.63, 3.8) is 0 Å². The summed E-state index contributed by atoms with van der Waals surface area (Å²) in [5.41, 5.74) is 1.64. The van der Waals surface area contributed by atoms with Crippen LogP contribution in [0.5, 0.6) is 0 Å². The molecule has 0 spiro atoms. The lowest BCUT2D eigenvalue weighted by Crippen LogP contribution is -2.35. The molecule has 0 fully saturated rings. The Labute approximate surface area is 132 Å². The zero-order chi connectivity index (χ0) is 15.8. The van der Waals surface area contributed by atoms with Crippen molar-refractivity contribution in [2.24, 2.45) is 0 Å². The van der Waals surface area contributed by atoms with Crippen molar-refractivity contribution in [3.8, 4) is 0 Å². The summed E-state index contributed by atoms with van der Waals surface area (Å²) in [5, 5.41) is 11.4. The molecule has 2 N–H and O–H groups in total. The lowest BCUT2D eigenvalue weighted by Gasteiger charge is -2.20. The Bertz CT molecular complexity index is 544. The topological polar surface area (TPSA) is 69.6 Å². The highest BCUT2D eigenvalue weighted by atomic mass is 79.9. The molecule has 1 aromatic rings. The Balaban J connectivity index is 2.75. The fourth-order valence-corrected chi connectivity index (χ4v) is 2.42. The van der Waals surface area contributed by atoms with E-state index in [1.54, 1.807) is 6.07 Å². The smallest absolute Gasteiger partial charge is 0.328 e. The molecule has 0 bridgehead atoms. The standard InChI is InChI=1S/C15H19BrN2O3/c1-3-8-17-14(19)10-18(2)13-6-4-11(9-12(13)16)5-7-15(20)21/h4-7,9H,3,8,10H2,1-2H3,(H,17,19)(H,20,21)/b7-5+. The average molecular weight is 355 g/mol. The largest absolute Gasteiger partial charge is 0.478 e. The van der Waals surface area contributed by atoms with Crippen LogP contribution in [0.3, 0.4) is 0 Å². The van der Waals surface area contributed by atoms with Crippen LogP contribution in [0.25, 0.3) is 6.08 Å². The highest BCUT2D eigenvalue weighted by Gasteiger charge is 2.10. The minimum atomic E-state index is -0.986. The van der Waals surface area contributed by atoms with Gasteiger partial charge in [0, 0.05) is 24.1 Å². The van der Waals surface area contributed by atoms with Crippen LogP contribution < -0.4 is 10.2 Å². The first-order valence-electron chi connectivity index (χ1n) is 6.62. The molecule has 6 heteroatoms. The van der Waals surface area contributed by atoms with Gasteiger partial charge in [-0.25, -0.2) is 4.79 Å². The molecule has 0 aromatic heterocycles. The summed E-state index contributed by atoms with van der Waals surface area (Å²) in [4.78, 5) is 24.0. The van der Waals surface area contributed by atoms with Gasteiger partial charge in [-0.05, 0) is 46.1 Å². The molecule has 0 aliphatic rings. The fraction of sp³-hybridized carbons (Fsp3) is 0.333. The number of nitrogens with zero attached hydrogens (tertiary/aromatic N) is 1. The van der Waals surface area contributed by atoms with Crippen molar-refractivity contribution in [1.82, 2.24) is 5.32 Å². The third-order valence-electron chi connectivity index (χ3n) is 2.75. The Kier molecular flexibility index (Phi) is 6.94. The van der Waals surface area contributed by atoms with Crippen molar-refractivity contribution in [2.45, 2.75) is 13.3 Å². The van der Waals surface area contributed by atoms with E-state index in [0.717, 1.165) is 28.2 Å². The van der Waals surface area contributed by atoms with Crippen molar-refractivity contribution in [1.29, 1.82) is 0 Å². The molecule has 0 aliphatic carbocycles. The molecule has 0 saturated carbocycles. The van der Waals surface area contributed by atoms with Crippen LogP contribution >= 0.6 is 15.9 Å². The molecule has 0 aliphatic heterocycles. The normalized spacial score (nSPS) is 10.6. The van der Waals surface area contributed by atoms with Gasteiger partial charge in [0.25, 0.3) is 0 Å². The molecule has 0 unspecified atom stereocenters. The van der Waals surface area contributed by atoms with E-state index < -0.39 is 5.97 Å². The monoisotopic (exact) mass is 354 g/mol. The molecule has 1 aromatic carbocycles. The summed E-state index contributed by atoms with van der Waals surface area (Å²) in [5.74, 6) is -1.01. The summed E-state index contributed by atoms with van der Waals surface area (Å²) in [6, 6.07) is 5.47. The van der Waals surface area contributed by atoms with E-state index in [-0.39, 0.29) is 12.5 Å². The van der Waals surface area contributed by atoms with Gasteiger partial charge in [0.15, 0.2) is 0 Å². The van der Waals surface area contributed by atoms with Gasteiger partial charge in [0.2, 0.25) is 5.91 Å². The van der Waals surface area contributed by atoms with Gasteiger partial charge in [0.05, 0.1) is 12.2 Å². The second kappa shape index (κ2) is 8.46. The molecule has 21 heavy (non-hydrogen) atoms. The SMILES string of the molecule is CCCNC(=O)CN(C)c1ccc(/C=C/C(=O)O)cc1Br. The van der Waals surface area contributed by atoms with Gasteiger partial charge in [-0.15, -0.1) is 0 Å². The van der Waals surface area contributed by atoms with Gasteiger partial charge in [0.1, 0.15) is 0 Å². The van der Waals surface area contributed by atoms with Crippen LogP contribution in [0.4, 0.5) is 5.69 Å². The Morgan fingerprint density at radius 2 is 2.14 bits per heavy atom. The number of carboxylic acids is 1. The van der Waals surface area contributed by atoms with Crippen molar-refractivity contribution in [2.75, 3.05) is 25.0 Å². The van der Waals surface area contributed by atoms with Gasteiger partial charge < -0.3 is 15.3 Å². The number of nitrogens with one attached hydrogen (secondary N) is 1. The van der Waals surface area contributed by atoms with Crippen molar-refractivity contribution < 1.29 is 14.7 Å². The number of hydrogen-bond donors (Lipinski definition) is 2. The summed E-state index contributed by atoms with van der Waals surface area (Å²) < 4.78 is 0.806. The summed E-state index contributed by atoms with van der Waals surface area (Å²) in [7, 11) is 1.83. The third-order valence-corrected chi connectivity index (χ3v) is 3.39. The minimum Gasteiger partial charge on any atom is -0.478 e. The molecular formula is C15H19BrN2O3. The number of amides is 1. The molecule has 0 radical (unpaired) electrons. The first-order valence-corrected chi connectivity index (χ1v) is 7.41. The second-order valence-corrected chi connectivity index (χ2v) is 5.44. The predicted molar refractivity (Wildman–Crippen MR) is 87.4 cm³/mol. The Morgan fingerprint density at radius 3 is 2.71 bits per heavy atom. The van der Waals surface area contributed by atoms with E-state index in [2.05, 4.69) is 21.2 Å². The maximum Gasteiger partial charge on any atom is 0.328 e. The molecule has 0 heterocycles. The van der Waals surface area contributed by atoms with Gasteiger partial charge >= 0.3 is 5.97 Å². The molecule has 1 amide bonds. The molecule has 114 valence electrons. The van der Waals surface area contributed by atoms with E-state index in [0.29, 0.717) is 6.54 Å². The lowest BCUT2D eigenvalue weighted by molar-refractivity contribution is -0.131. The maximum atomic E-state index is 11.7. The predicted octanol–water partition coefficient (Wildman–Crippen LogP) is 2.51. The number of anilines is 1. The number of hydrogen-bond acceptors (Lipinski definition) is 3. The highest BCUT2D eigenvalue weighted by molar-refractivity contribution is 9.10. The van der Waals surface area contributed by atoms with Gasteiger partial charge in [-0.1, -0.05) is 13.0 Å². The Morgan fingerprint density at radius 1 is 1.43 bits per heavy atom. The van der Waals surface area contributed by atoms with E-state index in [9.17, 15) is 9.59 Å².